The predicted molar refractivity (Wildman–Crippen MR) is 60.0 cm³/mol. The van der Waals surface area contributed by atoms with Crippen LogP contribution in [0.3, 0.4) is 0 Å². The summed E-state index contributed by atoms with van der Waals surface area (Å²) >= 11 is 0. The predicted octanol–water partition coefficient (Wildman–Crippen LogP) is 1.75. The number of rotatable bonds is 5. The zero-order chi connectivity index (χ0) is 11.2. The molecule has 0 unspecified atom stereocenters. The first kappa shape index (κ1) is 10.7. The van der Waals surface area contributed by atoms with Crippen molar-refractivity contribution < 1.29 is 9.26 Å². The Labute approximate surface area is 94.0 Å². The lowest BCUT2D eigenvalue weighted by atomic mass is 10.1. The van der Waals surface area contributed by atoms with Crippen LogP contribution in [0, 0.1) is 0 Å². The zero-order valence-corrected chi connectivity index (χ0v) is 8.93. The Morgan fingerprint density at radius 1 is 1.31 bits per heavy atom. The molecule has 4 heteroatoms. The monoisotopic (exact) mass is 218 g/mol. The van der Waals surface area contributed by atoms with E-state index in [1.54, 1.807) is 12.3 Å². The van der Waals surface area contributed by atoms with Gasteiger partial charge in [0.25, 0.3) is 0 Å². The summed E-state index contributed by atoms with van der Waals surface area (Å²) < 4.78 is 10.5. The highest BCUT2D eigenvalue weighted by atomic mass is 16.5. The van der Waals surface area contributed by atoms with Gasteiger partial charge in [-0.15, -0.1) is 0 Å². The number of hydrogen-bond acceptors (Lipinski definition) is 4. The van der Waals surface area contributed by atoms with Gasteiger partial charge >= 0.3 is 0 Å². The first-order valence-electron chi connectivity index (χ1n) is 5.20. The maximum absolute atomic E-state index is 5.56. The molecule has 1 aromatic carbocycles. The summed E-state index contributed by atoms with van der Waals surface area (Å²) in [6, 6.07) is 9.68. The van der Waals surface area contributed by atoms with Crippen molar-refractivity contribution >= 4 is 0 Å². The summed E-state index contributed by atoms with van der Waals surface area (Å²) in [6.45, 7) is 1.04. The quantitative estimate of drug-likeness (QED) is 0.830. The van der Waals surface area contributed by atoms with Crippen LogP contribution < -0.4 is 10.5 Å². The van der Waals surface area contributed by atoms with Crippen LogP contribution in [0.25, 0.3) is 0 Å². The van der Waals surface area contributed by atoms with Crippen molar-refractivity contribution in [1.82, 2.24) is 5.16 Å². The largest absolute Gasteiger partial charge is 0.486 e. The second-order valence-corrected chi connectivity index (χ2v) is 3.45. The fourth-order valence-corrected chi connectivity index (χ4v) is 1.43. The fraction of sp³-hybridized carbons (Fsp3) is 0.250. The van der Waals surface area contributed by atoms with Crippen molar-refractivity contribution in [2.24, 2.45) is 5.73 Å². The molecule has 16 heavy (non-hydrogen) atoms. The van der Waals surface area contributed by atoms with Crippen LogP contribution in [0.2, 0.25) is 0 Å². The molecule has 0 saturated carbocycles. The van der Waals surface area contributed by atoms with Gasteiger partial charge in [-0.3, -0.25) is 0 Å². The summed E-state index contributed by atoms with van der Waals surface area (Å²) in [5.74, 6) is 1.53. The highest BCUT2D eigenvalue weighted by Crippen LogP contribution is 2.15. The van der Waals surface area contributed by atoms with Crippen molar-refractivity contribution in [1.29, 1.82) is 0 Å². The van der Waals surface area contributed by atoms with Crippen LogP contribution in [-0.4, -0.2) is 11.7 Å². The Morgan fingerprint density at radius 3 is 3.00 bits per heavy atom. The molecule has 2 rings (SSSR count). The van der Waals surface area contributed by atoms with E-state index in [0.29, 0.717) is 18.9 Å². The van der Waals surface area contributed by atoms with Crippen molar-refractivity contribution in [2.75, 3.05) is 6.54 Å². The number of nitrogens with two attached hydrogens (primary N) is 1. The molecule has 4 nitrogen and oxygen atoms in total. The van der Waals surface area contributed by atoms with Gasteiger partial charge in [0, 0.05) is 6.07 Å². The average Bonchev–Trinajstić information content (AvgIpc) is 2.80. The van der Waals surface area contributed by atoms with Crippen molar-refractivity contribution in [3.8, 4) is 5.75 Å². The van der Waals surface area contributed by atoms with E-state index in [0.717, 1.165) is 12.2 Å². The SMILES string of the molecule is NCCc1cccc(OCc2ccno2)c1. The number of nitrogens with zero attached hydrogens (tertiary/aromatic N) is 1. The number of ether oxygens (including phenoxy) is 1. The third-order valence-corrected chi connectivity index (χ3v) is 2.20. The smallest absolute Gasteiger partial charge is 0.174 e. The van der Waals surface area contributed by atoms with Gasteiger partial charge < -0.3 is 15.0 Å². The summed E-state index contributed by atoms with van der Waals surface area (Å²) in [6.07, 6.45) is 2.46. The number of benzene rings is 1. The van der Waals surface area contributed by atoms with E-state index in [9.17, 15) is 0 Å². The minimum Gasteiger partial charge on any atom is -0.486 e. The van der Waals surface area contributed by atoms with Crippen LogP contribution in [-0.2, 0) is 13.0 Å². The van der Waals surface area contributed by atoms with E-state index in [4.69, 9.17) is 15.0 Å². The third kappa shape index (κ3) is 2.84. The molecular weight excluding hydrogens is 204 g/mol. The highest BCUT2D eigenvalue weighted by Gasteiger charge is 2.00. The van der Waals surface area contributed by atoms with Gasteiger partial charge in [0.05, 0.1) is 6.20 Å². The Bertz CT molecular complexity index is 426. The molecular formula is C12H14N2O2. The molecule has 1 aromatic heterocycles. The standard InChI is InChI=1S/C12H14N2O2/c13-6-4-10-2-1-3-11(8-10)15-9-12-5-7-14-16-12/h1-3,5,7-8H,4,6,9,13H2. The highest BCUT2D eigenvalue weighted by molar-refractivity contribution is 5.28. The second-order valence-electron chi connectivity index (χ2n) is 3.45. The molecule has 0 bridgehead atoms. The Kier molecular flexibility index (Phi) is 3.56. The summed E-state index contributed by atoms with van der Waals surface area (Å²) in [5.41, 5.74) is 6.68. The Morgan fingerprint density at radius 2 is 2.25 bits per heavy atom. The molecule has 2 N–H and O–H groups in total. The molecule has 1 heterocycles. The van der Waals surface area contributed by atoms with Crippen molar-refractivity contribution in [3.63, 3.8) is 0 Å². The lowest BCUT2D eigenvalue weighted by molar-refractivity contribution is 0.249. The van der Waals surface area contributed by atoms with Crippen molar-refractivity contribution in [3.05, 3.63) is 47.9 Å². The maximum Gasteiger partial charge on any atom is 0.174 e. The molecule has 0 amide bonds. The molecule has 0 fully saturated rings. The van der Waals surface area contributed by atoms with Gasteiger partial charge in [0.15, 0.2) is 5.76 Å². The van der Waals surface area contributed by atoms with E-state index in [-0.39, 0.29) is 0 Å². The lowest BCUT2D eigenvalue weighted by Gasteiger charge is -2.05. The maximum atomic E-state index is 5.56. The van der Waals surface area contributed by atoms with Crippen LogP contribution in [0.5, 0.6) is 5.75 Å². The van der Waals surface area contributed by atoms with Crippen LogP contribution >= 0.6 is 0 Å². The van der Waals surface area contributed by atoms with Crippen molar-refractivity contribution in [2.45, 2.75) is 13.0 Å². The Balaban J connectivity index is 1.96. The van der Waals surface area contributed by atoms with E-state index in [2.05, 4.69) is 5.16 Å². The minimum absolute atomic E-state index is 0.395. The molecule has 0 radical (unpaired) electrons. The first-order valence-corrected chi connectivity index (χ1v) is 5.20. The third-order valence-electron chi connectivity index (χ3n) is 2.20. The molecule has 2 aromatic rings. The minimum atomic E-state index is 0.395. The number of aromatic nitrogens is 1. The van der Waals surface area contributed by atoms with E-state index in [1.165, 1.54) is 5.56 Å². The molecule has 0 atom stereocenters. The van der Waals surface area contributed by atoms with E-state index < -0.39 is 0 Å². The van der Waals surface area contributed by atoms with Gasteiger partial charge in [-0.1, -0.05) is 17.3 Å². The van der Waals surface area contributed by atoms with E-state index in [1.807, 2.05) is 24.3 Å². The fourth-order valence-electron chi connectivity index (χ4n) is 1.43. The van der Waals surface area contributed by atoms with Crippen LogP contribution in [0.1, 0.15) is 11.3 Å². The van der Waals surface area contributed by atoms with Crippen LogP contribution in [0.15, 0.2) is 41.1 Å². The number of hydrogen-bond donors (Lipinski definition) is 1. The topological polar surface area (TPSA) is 61.3 Å². The normalized spacial score (nSPS) is 10.3. The Hall–Kier alpha value is -1.81. The first-order chi connectivity index (χ1) is 7.88. The van der Waals surface area contributed by atoms with Gasteiger partial charge in [-0.05, 0) is 30.7 Å². The summed E-state index contributed by atoms with van der Waals surface area (Å²) in [5, 5.41) is 3.61. The molecule has 0 saturated heterocycles. The van der Waals surface area contributed by atoms with E-state index >= 15 is 0 Å². The molecule has 84 valence electrons. The molecule has 0 aliphatic rings. The van der Waals surface area contributed by atoms with Gasteiger partial charge in [0.2, 0.25) is 0 Å². The molecule has 0 spiro atoms. The summed E-state index contributed by atoms with van der Waals surface area (Å²) in [7, 11) is 0. The molecule has 0 aliphatic heterocycles. The molecule has 0 aliphatic carbocycles. The second kappa shape index (κ2) is 5.32. The lowest BCUT2D eigenvalue weighted by Crippen LogP contribution is -2.02. The van der Waals surface area contributed by atoms with Gasteiger partial charge in [-0.25, -0.2) is 0 Å². The van der Waals surface area contributed by atoms with Gasteiger partial charge in [0.1, 0.15) is 12.4 Å². The average molecular weight is 218 g/mol. The van der Waals surface area contributed by atoms with Crippen LogP contribution in [0.4, 0.5) is 0 Å². The van der Waals surface area contributed by atoms with Gasteiger partial charge in [-0.2, -0.15) is 0 Å². The zero-order valence-electron chi connectivity index (χ0n) is 8.93. The summed E-state index contributed by atoms with van der Waals surface area (Å²) in [4.78, 5) is 0.